The van der Waals surface area contributed by atoms with Crippen molar-refractivity contribution in [2.24, 2.45) is 10.1 Å². The highest BCUT2D eigenvalue weighted by molar-refractivity contribution is 5.94. The number of hydrogen-bond acceptors (Lipinski definition) is 6. The fourth-order valence-electron chi connectivity index (χ4n) is 2.92. The molecule has 0 atom stereocenters. The number of hydrazone groups is 1. The monoisotopic (exact) mass is 335 g/mol. The maximum absolute atomic E-state index is 5.39. The number of amidine groups is 1. The summed E-state index contributed by atoms with van der Waals surface area (Å²) in [6, 6.07) is 16.4. The smallest absolute Gasteiger partial charge is 0.142 e. The Morgan fingerprint density at radius 1 is 1.08 bits per heavy atom. The van der Waals surface area contributed by atoms with Gasteiger partial charge < -0.3 is 15.0 Å². The van der Waals surface area contributed by atoms with Crippen molar-refractivity contribution in [3.8, 4) is 0 Å². The summed E-state index contributed by atoms with van der Waals surface area (Å²) < 4.78 is 5.39. The molecule has 2 aliphatic rings. The van der Waals surface area contributed by atoms with Crippen molar-refractivity contribution in [1.82, 2.24) is 5.43 Å². The minimum absolute atomic E-state index is 0.643. The molecule has 4 rings (SSSR count). The number of morpholine rings is 1. The second kappa shape index (κ2) is 7.36. The normalized spacial score (nSPS) is 17.0. The molecule has 0 aromatic heterocycles. The number of rotatable bonds is 3. The molecule has 2 N–H and O–H groups in total. The molecule has 2 heterocycles. The standard InChI is InChI=1S/C19H21N5O/c1-2-4-18-17(3-1)20-14-19(22-18)23-21-13-15-5-7-16(8-6-15)24-9-11-25-12-10-24/h1-8,13,20H,9-12,14H2,(H,22,23)/b21-13-. The highest BCUT2D eigenvalue weighted by atomic mass is 16.5. The van der Waals surface area contributed by atoms with E-state index >= 15 is 0 Å². The summed E-state index contributed by atoms with van der Waals surface area (Å²) >= 11 is 0. The first-order chi connectivity index (χ1) is 12.4. The summed E-state index contributed by atoms with van der Waals surface area (Å²) in [5, 5.41) is 7.62. The molecule has 25 heavy (non-hydrogen) atoms. The molecule has 0 amide bonds. The van der Waals surface area contributed by atoms with Crippen LogP contribution in [0.15, 0.2) is 58.6 Å². The summed E-state index contributed by atoms with van der Waals surface area (Å²) in [6.07, 6.45) is 1.81. The maximum atomic E-state index is 5.39. The Labute approximate surface area is 147 Å². The third-order valence-electron chi connectivity index (χ3n) is 4.28. The van der Waals surface area contributed by atoms with Crippen molar-refractivity contribution in [3.05, 3.63) is 54.1 Å². The molecular weight excluding hydrogens is 314 g/mol. The molecule has 0 unspecified atom stereocenters. The summed E-state index contributed by atoms with van der Waals surface area (Å²) in [4.78, 5) is 6.90. The number of hydrogen-bond donors (Lipinski definition) is 2. The van der Waals surface area contributed by atoms with Gasteiger partial charge in [0, 0.05) is 18.8 Å². The molecule has 0 radical (unpaired) electrons. The van der Waals surface area contributed by atoms with Crippen LogP contribution < -0.4 is 15.6 Å². The van der Waals surface area contributed by atoms with Crippen LogP contribution in [0.3, 0.4) is 0 Å². The Bertz CT molecular complexity index is 779. The van der Waals surface area contributed by atoms with Gasteiger partial charge in [0.05, 0.1) is 37.3 Å². The van der Waals surface area contributed by atoms with Crippen molar-refractivity contribution in [3.63, 3.8) is 0 Å². The number of para-hydroxylation sites is 2. The lowest BCUT2D eigenvalue weighted by Crippen LogP contribution is -2.36. The predicted molar refractivity (Wildman–Crippen MR) is 102 cm³/mol. The number of nitrogens with one attached hydrogen (secondary N) is 2. The molecule has 0 bridgehead atoms. The van der Waals surface area contributed by atoms with Crippen LogP contribution >= 0.6 is 0 Å². The summed E-state index contributed by atoms with van der Waals surface area (Å²) in [5.74, 6) is 0.805. The summed E-state index contributed by atoms with van der Waals surface area (Å²) in [5.41, 5.74) is 7.28. The van der Waals surface area contributed by atoms with Gasteiger partial charge in [-0.3, -0.25) is 5.43 Å². The second-order valence-electron chi connectivity index (χ2n) is 5.99. The number of ether oxygens (including phenoxy) is 1. The van der Waals surface area contributed by atoms with E-state index in [2.05, 4.69) is 50.0 Å². The SMILES string of the molecule is C(=N/NC1=Nc2ccccc2NC1)/c1ccc(N2CCOCC2)cc1. The van der Waals surface area contributed by atoms with E-state index in [1.165, 1.54) is 5.69 Å². The van der Waals surface area contributed by atoms with Crippen LogP contribution in [0.4, 0.5) is 17.1 Å². The Morgan fingerprint density at radius 3 is 2.72 bits per heavy atom. The number of fused-ring (bicyclic) bond motifs is 1. The maximum Gasteiger partial charge on any atom is 0.142 e. The van der Waals surface area contributed by atoms with Crippen molar-refractivity contribution >= 4 is 29.1 Å². The van der Waals surface area contributed by atoms with E-state index < -0.39 is 0 Å². The first-order valence-corrected chi connectivity index (χ1v) is 8.51. The number of nitrogens with zero attached hydrogens (tertiary/aromatic N) is 3. The molecule has 128 valence electrons. The second-order valence-corrected chi connectivity index (χ2v) is 5.99. The minimum Gasteiger partial charge on any atom is -0.378 e. The zero-order chi connectivity index (χ0) is 16.9. The van der Waals surface area contributed by atoms with E-state index in [-0.39, 0.29) is 0 Å². The molecule has 2 aromatic rings. The molecule has 1 saturated heterocycles. The van der Waals surface area contributed by atoms with Gasteiger partial charge in [0.25, 0.3) is 0 Å². The summed E-state index contributed by atoms with van der Waals surface area (Å²) in [6.45, 7) is 4.13. The molecule has 2 aromatic carbocycles. The Balaban J connectivity index is 1.37. The third-order valence-corrected chi connectivity index (χ3v) is 4.28. The number of aliphatic imine (C=N–C) groups is 1. The largest absolute Gasteiger partial charge is 0.378 e. The van der Waals surface area contributed by atoms with Gasteiger partial charge in [-0.1, -0.05) is 24.3 Å². The molecule has 0 spiro atoms. The van der Waals surface area contributed by atoms with E-state index in [1.807, 2.05) is 30.5 Å². The number of benzene rings is 2. The Hall–Kier alpha value is -2.86. The zero-order valence-electron chi connectivity index (χ0n) is 14.0. The molecule has 0 saturated carbocycles. The van der Waals surface area contributed by atoms with E-state index in [9.17, 15) is 0 Å². The van der Waals surface area contributed by atoms with E-state index in [4.69, 9.17) is 4.74 Å². The first-order valence-electron chi connectivity index (χ1n) is 8.51. The highest BCUT2D eigenvalue weighted by Crippen LogP contribution is 2.26. The predicted octanol–water partition coefficient (Wildman–Crippen LogP) is 2.60. The van der Waals surface area contributed by atoms with Crippen molar-refractivity contribution in [2.75, 3.05) is 43.1 Å². The van der Waals surface area contributed by atoms with Gasteiger partial charge >= 0.3 is 0 Å². The van der Waals surface area contributed by atoms with Gasteiger partial charge in [0.1, 0.15) is 5.84 Å². The molecule has 1 fully saturated rings. The Morgan fingerprint density at radius 2 is 1.88 bits per heavy atom. The van der Waals surface area contributed by atoms with Crippen molar-refractivity contribution in [2.45, 2.75) is 0 Å². The van der Waals surface area contributed by atoms with Crippen LogP contribution in [0.25, 0.3) is 0 Å². The molecule has 2 aliphatic heterocycles. The zero-order valence-corrected chi connectivity index (χ0v) is 14.0. The van der Waals surface area contributed by atoms with E-state index in [1.54, 1.807) is 0 Å². The lowest BCUT2D eigenvalue weighted by Gasteiger charge is -2.28. The molecule has 6 nitrogen and oxygen atoms in total. The molecule has 6 heteroatoms. The van der Waals surface area contributed by atoms with Crippen LogP contribution in [0.1, 0.15) is 5.56 Å². The van der Waals surface area contributed by atoms with E-state index in [0.717, 1.165) is 49.1 Å². The van der Waals surface area contributed by atoms with Crippen LogP contribution in [-0.2, 0) is 4.74 Å². The fraction of sp³-hybridized carbons (Fsp3) is 0.263. The number of anilines is 2. The van der Waals surface area contributed by atoms with Gasteiger partial charge in [-0.25, -0.2) is 4.99 Å². The van der Waals surface area contributed by atoms with E-state index in [0.29, 0.717) is 6.54 Å². The fourth-order valence-corrected chi connectivity index (χ4v) is 2.92. The highest BCUT2D eigenvalue weighted by Gasteiger charge is 2.11. The van der Waals surface area contributed by atoms with Gasteiger partial charge in [-0.2, -0.15) is 5.10 Å². The average Bonchev–Trinajstić information content (AvgIpc) is 2.69. The minimum atomic E-state index is 0.643. The topological polar surface area (TPSA) is 61.2 Å². The quantitative estimate of drug-likeness (QED) is 0.669. The van der Waals surface area contributed by atoms with Crippen LogP contribution in [-0.4, -0.2) is 44.9 Å². The lowest BCUT2D eigenvalue weighted by molar-refractivity contribution is 0.122. The van der Waals surface area contributed by atoms with Gasteiger partial charge in [-0.15, -0.1) is 0 Å². The average molecular weight is 335 g/mol. The van der Waals surface area contributed by atoms with Crippen LogP contribution in [0.5, 0.6) is 0 Å². The van der Waals surface area contributed by atoms with Crippen LogP contribution in [0, 0.1) is 0 Å². The lowest BCUT2D eigenvalue weighted by atomic mass is 10.2. The van der Waals surface area contributed by atoms with Gasteiger partial charge in [0.2, 0.25) is 0 Å². The van der Waals surface area contributed by atoms with Crippen LogP contribution in [0.2, 0.25) is 0 Å². The van der Waals surface area contributed by atoms with Crippen molar-refractivity contribution in [1.29, 1.82) is 0 Å². The van der Waals surface area contributed by atoms with Gasteiger partial charge in [0.15, 0.2) is 0 Å². The summed E-state index contributed by atoms with van der Waals surface area (Å²) in [7, 11) is 0. The third kappa shape index (κ3) is 3.80. The van der Waals surface area contributed by atoms with Crippen molar-refractivity contribution < 1.29 is 4.74 Å². The van der Waals surface area contributed by atoms with Gasteiger partial charge in [-0.05, 0) is 29.8 Å². The molecular formula is C19H21N5O. The Kier molecular flexibility index (Phi) is 4.61. The first kappa shape index (κ1) is 15.7. The molecule has 0 aliphatic carbocycles.